The van der Waals surface area contributed by atoms with Crippen LogP contribution in [0.4, 0.5) is 0 Å². The monoisotopic (exact) mass is 555 g/mol. The average molecular weight is 556 g/mol. The van der Waals surface area contributed by atoms with Crippen molar-refractivity contribution in [2.45, 2.75) is 25.6 Å². The van der Waals surface area contributed by atoms with Crippen LogP contribution >= 0.6 is 23.2 Å². The van der Waals surface area contributed by atoms with Crippen molar-refractivity contribution in [3.63, 3.8) is 0 Å². The fraction of sp³-hybridized carbons (Fsp3) is 0.333. The van der Waals surface area contributed by atoms with Gasteiger partial charge in [-0.3, -0.25) is 14.4 Å². The SMILES string of the molecule is C=CC(=O)N1CC(N(C)C(=O)Cn2cc(C(=O)N3CCc4c(ccnc4OC)C3)c3c(Cl)c(Cl)ccc32)C1. The van der Waals surface area contributed by atoms with Crippen molar-refractivity contribution >= 4 is 51.8 Å². The lowest BCUT2D eigenvalue weighted by Crippen LogP contribution is -2.61. The molecular formula is C27H27Cl2N5O4. The minimum atomic E-state index is -0.197. The van der Waals surface area contributed by atoms with E-state index in [0.29, 0.717) is 60.0 Å². The van der Waals surface area contributed by atoms with Gasteiger partial charge in [0.1, 0.15) is 6.54 Å². The molecule has 2 aromatic heterocycles. The molecule has 1 aromatic carbocycles. The summed E-state index contributed by atoms with van der Waals surface area (Å²) in [5.41, 5.74) is 3.01. The number of pyridine rings is 1. The predicted octanol–water partition coefficient (Wildman–Crippen LogP) is 3.41. The van der Waals surface area contributed by atoms with Crippen LogP contribution in [0.2, 0.25) is 10.0 Å². The maximum atomic E-state index is 13.8. The number of amides is 3. The van der Waals surface area contributed by atoms with Crippen molar-refractivity contribution in [3.8, 4) is 5.88 Å². The Labute approximate surface area is 230 Å². The van der Waals surface area contributed by atoms with E-state index in [1.54, 1.807) is 58.0 Å². The first-order valence-corrected chi connectivity index (χ1v) is 12.9. The summed E-state index contributed by atoms with van der Waals surface area (Å²) in [6.45, 7) is 5.32. The van der Waals surface area contributed by atoms with Gasteiger partial charge in [-0.05, 0) is 36.3 Å². The minimum absolute atomic E-state index is 0.00977. The second kappa shape index (κ2) is 10.3. The number of hydrogen-bond donors (Lipinski definition) is 0. The molecule has 11 heteroatoms. The molecule has 2 aliphatic rings. The Kier molecular flexibility index (Phi) is 7.07. The number of likely N-dealkylation sites (N-methyl/N-ethyl adjacent to an activating group) is 1. The summed E-state index contributed by atoms with van der Waals surface area (Å²) < 4.78 is 7.12. The van der Waals surface area contributed by atoms with Gasteiger partial charge in [-0.2, -0.15) is 0 Å². The molecule has 0 radical (unpaired) electrons. The smallest absolute Gasteiger partial charge is 0.256 e. The van der Waals surface area contributed by atoms with Crippen molar-refractivity contribution in [1.29, 1.82) is 0 Å². The highest BCUT2D eigenvalue weighted by molar-refractivity contribution is 6.46. The zero-order valence-electron chi connectivity index (χ0n) is 21.1. The van der Waals surface area contributed by atoms with Gasteiger partial charge >= 0.3 is 0 Å². The first-order valence-electron chi connectivity index (χ1n) is 12.2. The summed E-state index contributed by atoms with van der Waals surface area (Å²) in [5.74, 6) is 0.0854. The number of methoxy groups -OCH3 is 1. The van der Waals surface area contributed by atoms with Gasteiger partial charge in [0, 0.05) is 56.6 Å². The summed E-state index contributed by atoms with van der Waals surface area (Å²) >= 11 is 12.9. The van der Waals surface area contributed by atoms with Crippen LogP contribution in [0.3, 0.4) is 0 Å². The van der Waals surface area contributed by atoms with Gasteiger partial charge in [-0.1, -0.05) is 29.8 Å². The predicted molar refractivity (Wildman–Crippen MR) is 145 cm³/mol. The molecule has 0 atom stereocenters. The number of hydrogen-bond acceptors (Lipinski definition) is 5. The number of ether oxygens (including phenoxy) is 1. The summed E-state index contributed by atoms with van der Waals surface area (Å²) in [6, 6.07) is 5.24. The van der Waals surface area contributed by atoms with Crippen molar-refractivity contribution in [2.24, 2.45) is 0 Å². The highest BCUT2D eigenvalue weighted by Gasteiger charge is 2.35. The van der Waals surface area contributed by atoms with Gasteiger partial charge < -0.3 is 24.0 Å². The first-order chi connectivity index (χ1) is 18.2. The molecule has 0 unspecified atom stereocenters. The summed E-state index contributed by atoms with van der Waals surface area (Å²) in [7, 11) is 3.31. The van der Waals surface area contributed by atoms with Crippen LogP contribution in [0, 0.1) is 0 Å². The number of halogens is 2. The third-order valence-electron chi connectivity index (χ3n) is 7.35. The Hall–Kier alpha value is -3.56. The van der Waals surface area contributed by atoms with Crippen molar-refractivity contribution in [2.75, 3.05) is 33.8 Å². The number of likely N-dealkylation sites (tertiary alicyclic amines) is 1. The Morgan fingerprint density at radius 1 is 1.21 bits per heavy atom. The number of rotatable bonds is 6. The van der Waals surface area contributed by atoms with E-state index < -0.39 is 0 Å². The molecule has 0 saturated carbocycles. The molecule has 5 rings (SSSR count). The molecule has 38 heavy (non-hydrogen) atoms. The molecule has 9 nitrogen and oxygen atoms in total. The molecule has 4 heterocycles. The molecular weight excluding hydrogens is 529 g/mol. The van der Waals surface area contributed by atoms with E-state index in [-0.39, 0.29) is 35.3 Å². The van der Waals surface area contributed by atoms with Gasteiger partial charge in [0.2, 0.25) is 17.7 Å². The van der Waals surface area contributed by atoms with E-state index in [2.05, 4.69) is 11.6 Å². The highest BCUT2D eigenvalue weighted by atomic mass is 35.5. The van der Waals surface area contributed by atoms with Gasteiger partial charge in [0.05, 0.1) is 34.3 Å². The molecule has 0 spiro atoms. The molecule has 1 fully saturated rings. The number of aromatic nitrogens is 2. The first kappa shape index (κ1) is 26.1. The number of carbonyl (C=O) groups excluding carboxylic acids is 3. The Bertz CT molecular complexity index is 1460. The second-order valence-corrected chi connectivity index (χ2v) is 10.3. The molecule has 2 aliphatic heterocycles. The lowest BCUT2D eigenvalue weighted by molar-refractivity contribution is -0.142. The summed E-state index contributed by atoms with van der Waals surface area (Å²) in [5, 5.41) is 1.12. The maximum Gasteiger partial charge on any atom is 0.256 e. The van der Waals surface area contributed by atoms with Gasteiger partial charge in [-0.25, -0.2) is 4.98 Å². The molecule has 0 bridgehead atoms. The summed E-state index contributed by atoms with van der Waals surface area (Å²) in [4.78, 5) is 48.0. The molecule has 0 aliphatic carbocycles. The van der Waals surface area contributed by atoms with Crippen molar-refractivity contribution in [1.82, 2.24) is 24.3 Å². The molecule has 198 valence electrons. The fourth-order valence-corrected chi connectivity index (χ4v) is 5.49. The zero-order valence-corrected chi connectivity index (χ0v) is 22.6. The lowest BCUT2D eigenvalue weighted by Gasteiger charge is -2.43. The Morgan fingerprint density at radius 3 is 2.68 bits per heavy atom. The van der Waals surface area contributed by atoms with Crippen LogP contribution in [0.1, 0.15) is 21.5 Å². The Morgan fingerprint density at radius 2 is 1.97 bits per heavy atom. The Balaban J connectivity index is 1.41. The fourth-order valence-electron chi connectivity index (χ4n) is 5.07. The topological polar surface area (TPSA) is 88.0 Å². The van der Waals surface area contributed by atoms with Crippen LogP contribution in [0.5, 0.6) is 5.88 Å². The molecule has 0 N–H and O–H groups in total. The van der Waals surface area contributed by atoms with Crippen LogP contribution in [-0.4, -0.2) is 81.8 Å². The average Bonchev–Trinajstić information content (AvgIpc) is 3.26. The molecule has 1 saturated heterocycles. The number of nitrogens with zero attached hydrogens (tertiary/aromatic N) is 5. The second-order valence-electron chi connectivity index (χ2n) is 9.47. The number of fused-ring (bicyclic) bond motifs is 2. The van der Waals surface area contributed by atoms with E-state index in [1.165, 1.54) is 6.08 Å². The number of carbonyl (C=O) groups is 3. The third-order valence-corrected chi connectivity index (χ3v) is 8.15. The van der Waals surface area contributed by atoms with Gasteiger partial charge in [0.15, 0.2) is 0 Å². The lowest BCUT2D eigenvalue weighted by atomic mass is 10.0. The normalized spacial score (nSPS) is 15.2. The van der Waals surface area contributed by atoms with E-state index >= 15 is 0 Å². The van der Waals surface area contributed by atoms with Crippen LogP contribution < -0.4 is 4.74 Å². The third kappa shape index (κ3) is 4.50. The van der Waals surface area contributed by atoms with E-state index in [9.17, 15) is 14.4 Å². The largest absolute Gasteiger partial charge is 0.481 e. The van der Waals surface area contributed by atoms with Crippen molar-refractivity contribution < 1.29 is 19.1 Å². The minimum Gasteiger partial charge on any atom is -0.481 e. The van der Waals surface area contributed by atoms with Gasteiger partial charge in [-0.15, -0.1) is 0 Å². The quantitative estimate of drug-likeness (QED) is 0.435. The van der Waals surface area contributed by atoms with Crippen LogP contribution in [0.25, 0.3) is 10.9 Å². The van der Waals surface area contributed by atoms with Crippen molar-refractivity contribution in [3.05, 3.63) is 70.0 Å². The number of benzene rings is 1. The highest BCUT2D eigenvalue weighted by Crippen LogP contribution is 2.36. The zero-order chi connectivity index (χ0) is 27.1. The van der Waals surface area contributed by atoms with Gasteiger partial charge in [0.25, 0.3) is 5.91 Å². The van der Waals surface area contributed by atoms with E-state index in [1.807, 2.05) is 6.07 Å². The van der Waals surface area contributed by atoms with Crippen LogP contribution in [0.15, 0.2) is 43.2 Å². The molecule has 3 amide bonds. The summed E-state index contributed by atoms with van der Waals surface area (Å²) in [6.07, 6.45) is 5.23. The maximum absolute atomic E-state index is 13.8. The van der Waals surface area contributed by atoms with E-state index in [0.717, 1.165) is 11.1 Å². The van der Waals surface area contributed by atoms with E-state index in [4.69, 9.17) is 27.9 Å². The van der Waals surface area contributed by atoms with Crippen LogP contribution in [-0.2, 0) is 29.1 Å². The standard InChI is InChI=1S/C27H27Cl2N5O4/c1-4-22(35)34-12-17(13-34)31(2)23(36)15-33-14-19(24-21(33)6-5-20(28)25(24)29)27(37)32-10-8-18-16(11-32)7-9-30-26(18)38-3/h4-7,9,14,17H,1,8,10-13,15H2,2-3H3. The molecule has 3 aromatic rings.